The molecular formula is C12H7F7Si. The van der Waals surface area contributed by atoms with Crippen LogP contribution in [0.5, 0.6) is 0 Å². The Balaban J connectivity index is 3.13. The van der Waals surface area contributed by atoms with Crippen molar-refractivity contribution in [2.75, 3.05) is 0 Å². The smallest absolute Gasteiger partial charge is 0.198 e. The third-order valence-corrected chi connectivity index (χ3v) is 3.44. The molecule has 20 heavy (non-hydrogen) atoms. The minimum atomic E-state index is -2.27. The van der Waals surface area contributed by atoms with Crippen molar-refractivity contribution >= 4 is 21.0 Å². The maximum Gasteiger partial charge on any atom is 0.198 e. The topological polar surface area (TPSA) is 0 Å². The molecule has 0 saturated carbocycles. The van der Waals surface area contributed by atoms with Gasteiger partial charge in [0.1, 0.15) is 0 Å². The predicted molar refractivity (Wildman–Crippen MR) is 62.1 cm³/mol. The molecule has 0 radical (unpaired) electrons. The molecule has 0 nitrogen and oxygen atoms in total. The highest BCUT2D eigenvalue weighted by molar-refractivity contribution is 6.08. The molecule has 0 bridgehead atoms. The van der Waals surface area contributed by atoms with Crippen LogP contribution in [0.15, 0.2) is 0 Å². The minimum Gasteiger partial charge on any atom is -0.203 e. The van der Waals surface area contributed by atoms with Crippen LogP contribution in [0.25, 0.3) is 10.8 Å². The molecule has 0 aliphatic heterocycles. The Morgan fingerprint density at radius 1 is 0.550 bits per heavy atom. The van der Waals surface area contributed by atoms with Crippen molar-refractivity contribution in [3.05, 3.63) is 46.3 Å². The van der Waals surface area contributed by atoms with Crippen LogP contribution < -0.4 is 0 Å². The van der Waals surface area contributed by atoms with E-state index in [9.17, 15) is 30.7 Å². The molecule has 0 N–H and O–H groups in total. The van der Waals surface area contributed by atoms with Crippen molar-refractivity contribution in [3.8, 4) is 0 Å². The second-order valence-corrected chi connectivity index (χ2v) is 5.18. The molecule has 2 rings (SSSR count). The molecule has 0 aliphatic carbocycles. The molecule has 0 heterocycles. The highest BCUT2D eigenvalue weighted by Gasteiger charge is 2.29. The Hall–Kier alpha value is -1.57. The van der Waals surface area contributed by atoms with Crippen LogP contribution in [0.3, 0.4) is 0 Å². The van der Waals surface area contributed by atoms with Crippen molar-refractivity contribution in [1.29, 1.82) is 0 Å². The van der Waals surface area contributed by atoms with Crippen LogP contribution in [-0.2, 0) is 6.42 Å². The fraction of sp³-hybridized carbons (Fsp3) is 0.167. The maximum absolute atomic E-state index is 13.7. The standard InChI is InChI=1S/C12H7F7Si/c13-6-3(1-2-20)4-5(8(15)10(6)17)9(16)12(19)11(18)7(4)14/h1-2H2,20H3. The van der Waals surface area contributed by atoms with E-state index in [1.807, 2.05) is 0 Å². The van der Waals surface area contributed by atoms with E-state index in [0.717, 1.165) is 0 Å². The monoisotopic (exact) mass is 312 g/mol. The van der Waals surface area contributed by atoms with Crippen LogP contribution >= 0.6 is 0 Å². The van der Waals surface area contributed by atoms with Gasteiger partial charge in [0.25, 0.3) is 0 Å². The van der Waals surface area contributed by atoms with Gasteiger partial charge in [-0.15, -0.1) is 0 Å². The third-order valence-electron chi connectivity index (χ3n) is 2.94. The summed E-state index contributed by atoms with van der Waals surface area (Å²) in [6, 6.07) is 0.317. The van der Waals surface area contributed by atoms with Crippen LogP contribution in [0.1, 0.15) is 5.56 Å². The number of halogens is 7. The lowest BCUT2D eigenvalue weighted by Crippen LogP contribution is -2.08. The van der Waals surface area contributed by atoms with Gasteiger partial charge in [0.2, 0.25) is 0 Å². The van der Waals surface area contributed by atoms with Gasteiger partial charge in [0.15, 0.2) is 40.7 Å². The van der Waals surface area contributed by atoms with E-state index >= 15 is 0 Å². The maximum atomic E-state index is 13.7. The molecule has 2 aromatic rings. The van der Waals surface area contributed by atoms with Gasteiger partial charge in [-0.2, -0.15) is 0 Å². The molecule has 0 fully saturated rings. The molecule has 0 aliphatic rings. The first-order valence-electron chi connectivity index (χ1n) is 5.63. The Labute approximate surface area is 111 Å². The molecule has 0 amide bonds. The fourth-order valence-corrected chi connectivity index (χ4v) is 2.55. The number of hydrogen-bond acceptors (Lipinski definition) is 0. The summed E-state index contributed by atoms with van der Waals surface area (Å²) in [5, 5.41) is -2.50. The lowest BCUT2D eigenvalue weighted by atomic mass is 9.99. The summed E-state index contributed by atoms with van der Waals surface area (Å²) >= 11 is 0. The molecule has 108 valence electrons. The van der Waals surface area contributed by atoms with Gasteiger partial charge < -0.3 is 0 Å². The predicted octanol–water partition coefficient (Wildman–Crippen LogP) is 3.14. The number of fused-ring (bicyclic) bond motifs is 1. The molecular weight excluding hydrogens is 305 g/mol. The van der Waals surface area contributed by atoms with E-state index < -0.39 is 57.1 Å². The van der Waals surface area contributed by atoms with Crippen LogP contribution in [-0.4, -0.2) is 10.2 Å². The zero-order valence-corrected chi connectivity index (χ0v) is 12.1. The molecule has 0 unspecified atom stereocenters. The largest absolute Gasteiger partial charge is 0.203 e. The van der Waals surface area contributed by atoms with E-state index in [1.54, 1.807) is 0 Å². The van der Waals surface area contributed by atoms with Crippen LogP contribution in [0, 0.1) is 40.7 Å². The first-order chi connectivity index (χ1) is 9.32. The zero-order chi connectivity index (χ0) is 15.2. The van der Waals surface area contributed by atoms with Gasteiger partial charge >= 0.3 is 0 Å². The van der Waals surface area contributed by atoms with E-state index in [2.05, 4.69) is 0 Å². The normalized spacial score (nSPS) is 11.6. The molecule has 0 atom stereocenters. The van der Waals surface area contributed by atoms with Crippen molar-refractivity contribution in [3.63, 3.8) is 0 Å². The Kier molecular flexibility index (Phi) is 3.77. The molecule has 0 saturated heterocycles. The summed E-state index contributed by atoms with van der Waals surface area (Å²) < 4.78 is 94.0. The highest BCUT2D eigenvalue weighted by Crippen LogP contribution is 2.35. The molecule has 8 heteroatoms. The first-order valence-corrected chi connectivity index (χ1v) is 7.05. The Morgan fingerprint density at radius 2 is 0.950 bits per heavy atom. The van der Waals surface area contributed by atoms with Crippen LogP contribution in [0.2, 0.25) is 6.04 Å². The summed E-state index contributed by atoms with van der Waals surface area (Å²) in [5.41, 5.74) is -0.691. The Bertz CT molecular complexity index is 703. The summed E-state index contributed by atoms with van der Waals surface area (Å²) in [7, 11) is 0.519. The van der Waals surface area contributed by atoms with Gasteiger partial charge in [-0.1, -0.05) is 6.04 Å². The average molecular weight is 312 g/mol. The average Bonchev–Trinajstić information content (AvgIpc) is 2.43. The van der Waals surface area contributed by atoms with Crippen molar-refractivity contribution < 1.29 is 30.7 Å². The first kappa shape index (κ1) is 14.8. The number of rotatable bonds is 2. The molecule has 0 spiro atoms. The Morgan fingerprint density at radius 3 is 1.40 bits per heavy atom. The lowest BCUT2D eigenvalue weighted by molar-refractivity contribution is 0.409. The van der Waals surface area contributed by atoms with Gasteiger partial charge in [0, 0.05) is 21.2 Å². The van der Waals surface area contributed by atoms with Crippen molar-refractivity contribution in [2.24, 2.45) is 0 Å². The number of hydrogen-bond donors (Lipinski definition) is 0. The van der Waals surface area contributed by atoms with Crippen LogP contribution in [0.4, 0.5) is 30.7 Å². The van der Waals surface area contributed by atoms with Crippen molar-refractivity contribution in [2.45, 2.75) is 12.5 Å². The summed E-state index contributed by atoms with van der Waals surface area (Å²) in [4.78, 5) is 0. The minimum absolute atomic E-state index is 0.229. The second kappa shape index (κ2) is 5.08. The number of benzene rings is 2. The SMILES string of the molecule is Fc1c(F)c(F)c2c(CC[SiH3])c(F)c(F)c(F)c2c1F. The van der Waals surface area contributed by atoms with Gasteiger partial charge in [-0.3, -0.25) is 0 Å². The lowest BCUT2D eigenvalue weighted by Gasteiger charge is -2.12. The summed E-state index contributed by atoms with van der Waals surface area (Å²) in [5.74, 6) is -14.3. The summed E-state index contributed by atoms with van der Waals surface area (Å²) in [6.07, 6.45) is -0.229. The fourth-order valence-electron chi connectivity index (χ4n) is 2.05. The molecule has 2 aromatic carbocycles. The van der Waals surface area contributed by atoms with Gasteiger partial charge in [-0.25, -0.2) is 30.7 Å². The van der Waals surface area contributed by atoms with Gasteiger partial charge in [-0.05, 0) is 6.42 Å². The molecule has 0 aromatic heterocycles. The van der Waals surface area contributed by atoms with E-state index in [1.165, 1.54) is 0 Å². The van der Waals surface area contributed by atoms with E-state index in [-0.39, 0.29) is 6.42 Å². The third kappa shape index (κ3) is 1.89. The van der Waals surface area contributed by atoms with Crippen molar-refractivity contribution in [1.82, 2.24) is 0 Å². The van der Waals surface area contributed by atoms with Gasteiger partial charge in [0.05, 0.1) is 5.39 Å². The summed E-state index contributed by atoms with van der Waals surface area (Å²) in [6.45, 7) is 0. The second-order valence-electron chi connectivity index (χ2n) is 4.18. The highest BCUT2D eigenvalue weighted by atomic mass is 28.1. The zero-order valence-electron chi connectivity index (χ0n) is 10.1. The quantitative estimate of drug-likeness (QED) is 0.346. The van der Waals surface area contributed by atoms with E-state index in [0.29, 0.717) is 16.3 Å². The number of aryl methyl sites for hydroxylation is 1. The van der Waals surface area contributed by atoms with E-state index in [4.69, 9.17) is 0 Å².